The van der Waals surface area contributed by atoms with E-state index in [1.165, 1.54) is 7.05 Å². The fourth-order valence-corrected chi connectivity index (χ4v) is 3.45. The van der Waals surface area contributed by atoms with Gasteiger partial charge in [0, 0.05) is 31.1 Å². The first-order valence-electron chi connectivity index (χ1n) is 9.65. The molecule has 1 aliphatic heterocycles. The second kappa shape index (κ2) is 8.46. The van der Waals surface area contributed by atoms with Crippen molar-refractivity contribution < 1.29 is 19.1 Å². The molecule has 0 bridgehead atoms. The van der Waals surface area contributed by atoms with Gasteiger partial charge in [0.1, 0.15) is 0 Å². The molecule has 8 nitrogen and oxygen atoms in total. The number of amides is 1. The number of benzene rings is 2. The molecule has 4 rings (SSSR count). The molecule has 154 valence electrons. The van der Waals surface area contributed by atoms with Crippen LogP contribution in [-0.2, 0) is 21.3 Å². The average Bonchev–Trinajstić information content (AvgIpc) is 2.80. The Kier molecular flexibility index (Phi) is 5.58. The Balaban J connectivity index is 1.71. The summed E-state index contributed by atoms with van der Waals surface area (Å²) in [4.78, 5) is 40.2. The predicted octanol–water partition coefficient (Wildman–Crippen LogP) is 1.69. The summed E-state index contributed by atoms with van der Waals surface area (Å²) in [6, 6.07) is 15.6. The third kappa shape index (κ3) is 3.81. The molecule has 0 spiro atoms. The first-order valence-corrected chi connectivity index (χ1v) is 9.65. The molecule has 8 heteroatoms. The number of carbonyl (C=O) groups excluding carboxylic acids is 2. The van der Waals surface area contributed by atoms with Crippen LogP contribution in [0.15, 0.2) is 59.4 Å². The summed E-state index contributed by atoms with van der Waals surface area (Å²) >= 11 is 0. The fourth-order valence-electron chi connectivity index (χ4n) is 3.45. The van der Waals surface area contributed by atoms with Gasteiger partial charge < -0.3 is 14.4 Å². The molecule has 3 aromatic rings. The van der Waals surface area contributed by atoms with Crippen LogP contribution < -0.4 is 5.56 Å². The van der Waals surface area contributed by atoms with Crippen molar-refractivity contribution in [1.82, 2.24) is 14.7 Å². The van der Waals surface area contributed by atoms with Crippen LogP contribution in [0.3, 0.4) is 0 Å². The highest BCUT2D eigenvalue weighted by molar-refractivity contribution is 6.03. The minimum atomic E-state index is -1.12. The molecule has 0 unspecified atom stereocenters. The summed E-state index contributed by atoms with van der Waals surface area (Å²) in [7, 11) is 1.47. The summed E-state index contributed by atoms with van der Waals surface area (Å²) in [5, 5.41) is 4.85. The molecule has 1 atom stereocenters. The molecular formula is C22H21N3O5. The molecule has 2 aromatic carbocycles. The number of hydrogen-bond acceptors (Lipinski definition) is 6. The van der Waals surface area contributed by atoms with Gasteiger partial charge in [0.2, 0.25) is 6.10 Å². The molecule has 1 fully saturated rings. The van der Waals surface area contributed by atoms with E-state index in [1.54, 1.807) is 53.4 Å². The number of ether oxygens (including phenoxy) is 2. The largest absolute Gasteiger partial charge is 0.442 e. The highest BCUT2D eigenvalue weighted by Crippen LogP contribution is 2.24. The van der Waals surface area contributed by atoms with Gasteiger partial charge in [-0.1, -0.05) is 48.5 Å². The van der Waals surface area contributed by atoms with Crippen molar-refractivity contribution in [3.05, 3.63) is 76.2 Å². The summed E-state index contributed by atoms with van der Waals surface area (Å²) in [6.45, 7) is 1.74. The maximum absolute atomic E-state index is 13.2. The monoisotopic (exact) mass is 407 g/mol. The maximum atomic E-state index is 13.2. The van der Waals surface area contributed by atoms with Crippen LogP contribution in [0, 0.1) is 0 Å². The first-order chi connectivity index (χ1) is 14.6. The fraction of sp³-hybridized carbons (Fsp3) is 0.273. The van der Waals surface area contributed by atoms with Gasteiger partial charge in [-0.2, -0.15) is 5.10 Å². The van der Waals surface area contributed by atoms with Crippen LogP contribution in [0.4, 0.5) is 0 Å². The van der Waals surface area contributed by atoms with Crippen molar-refractivity contribution in [1.29, 1.82) is 0 Å². The van der Waals surface area contributed by atoms with Crippen molar-refractivity contribution >= 4 is 22.6 Å². The number of rotatable bonds is 4. The van der Waals surface area contributed by atoms with Gasteiger partial charge >= 0.3 is 5.97 Å². The Hall–Kier alpha value is -3.52. The third-order valence-corrected chi connectivity index (χ3v) is 5.02. The van der Waals surface area contributed by atoms with Crippen molar-refractivity contribution in [3.63, 3.8) is 0 Å². The van der Waals surface area contributed by atoms with Gasteiger partial charge in [-0.25, -0.2) is 9.48 Å². The number of aryl methyl sites for hydroxylation is 1. The van der Waals surface area contributed by atoms with Crippen molar-refractivity contribution in [2.45, 2.75) is 6.10 Å². The van der Waals surface area contributed by atoms with Crippen LogP contribution in [0.1, 0.15) is 22.2 Å². The van der Waals surface area contributed by atoms with E-state index in [9.17, 15) is 14.4 Å². The minimum absolute atomic E-state index is 0.0107. The summed E-state index contributed by atoms with van der Waals surface area (Å²) < 4.78 is 12.1. The van der Waals surface area contributed by atoms with E-state index in [0.29, 0.717) is 42.6 Å². The van der Waals surface area contributed by atoms with E-state index in [1.807, 2.05) is 6.07 Å². The standard InChI is InChI=1S/C22H21N3O5/c1-24-20(26)17-10-6-5-9-16(17)18(23-24)22(28)30-19(15-7-3-2-4-8-15)21(27)25-11-13-29-14-12-25/h2-10,19H,11-14H2,1H3/t19-/m1/s1. The van der Waals surface area contributed by atoms with E-state index in [0.717, 1.165) is 4.68 Å². The van der Waals surface area contributed by atoms with Gasteiger partial charge in [-0.05, 0) is 6.07 Å². The van der Waals surface area contributed by atoms with E-state index in [-0.39, 0.29) is 17.2 Å². The third-order valence-electron chi connectivity index (χ3n) is 5.02. The zero-order valence-corrected chi connectivity index (χ0v) is 16.5. The molecule has 0 radical (unpaired) electrons. The van der Waals surface area contributed by atoms with Crippen LogP contribution in [0.5, 0.6) is 0 Å². The molecule has 30 heavy (non-hydrogen) atoms. The highest BCUT2D eigenvalue weighted by Gasteiger charge is 2.32. The Morgan fingerprint density at radius 3 is 2.33 bits per heavy atom. The maximum Gasteiger partial charge on any atom is 0.360 e. The van der Waals surface area contributed by atoms with Crippen LogP contribution in [0.25, 0.3) is 10.8 Å². The number of aromatic nitrogens is 2. The van der Waals surface area contributed by atoms with Crippen molar-refractivity contribution in [2.75, 3.05) is 26.3 Å². The number of nitrogens with zero attached hydrogens (tertiary/aromatic N) is 3. The summed E-state index contributed by atoms with van der Waals surface area (Å²) in [5.41, 5.74) is 0.242. The topological polar surface area (TPSA) is 90.7 Å². The smallest absolute Gasteiger partial charge is 0.360 e. The molecule has 2 heterocycles. The van der Waals surface area contributed by atoms with Gasteiger partial charge in [0.15, 0.2) is 5.69 Å². The average molecular weight is 407 g/mol. The van der Waals surface area contributed by atoms with E-state index < -0.39 is 12.1 Å². The van der Waals surface area contributed by atoms with Crippen molar-refractivity contribution in [2.24, 2.45) is 7.05 Å². The molecule has 0 saturated carbocycles. The Morgan fingerprint density at radius 1 is 1.00 bits per heavy atom. The van der Waals surface area contributed by atoms with Gasteiger partial charge in [0.05, 0.1) is 18.6 Å². The SMILES string of the molecule is Cn1nc(C(=O)O[C@@H](C(=O)N2CCOCC2)c2ccccc2)c2ccccc2c1=O. The molecule has 0 N–H and O–H groups in total. The summed E-state index contributed by atoms with van der Waals surface area (Å²) in [5.74, 6) is -1.08. The quantitative estimate of drug-likeness (QED) is 0.612. The Bertz CT molecular complexity index is 1140. The molecule has 1 aromatic heterocycles. The number of fused-ring (bicyclic) bond motifs is 1. The van der Waals surface area contributed by atoms with Gasteiger partial charge in [0.25, 0.3) is 11.5 Å². The number of carbonyl (C=O) groups is 2. The van der Waals surface area contributed by atoms with Crippen LogP contribution in [-0.4, -0.2) is 52.9 Å². The lowest BCUT2D eigenvalue weighted by Gasteiger charge is -2.30. The molecule has 1 saturated heterocycles. The van der Waals surface area contributed by atoms with E-state index >= 15 is 0 Å². The van der Waals surface area contributed by atoms with E-state index in [4.69, 9.17) is 9.47 Å². The van der Waals surface area contributed by atoms with E-state index in [2.05, 4.69) is 5.10 Å². The predicted molar refractivity (Wildman–Crippen MR) is 109 cm³/mol. The molecule has 1 amide bonds. The minimum Gasteiger partial charge on any atom is -0.442 e. The first kappa shape index (κ1) is 19.8. The lowest BCUT2D eigenvalue weighted by atomic mass is 10.1. The number of hydrogen-bond donors (Lipinski definition) is 0. The van der Waals surface area contributed by atoms with Crippen LogP contribution >= 0.6 is 0 Å². The lowest BCUT2D eigenvalue weighted by molar-refractivity contribution is -0.145. The van der Waals surface area contributed by atoms with Crippen molar-refractivity contribution in [3.8, 4) is 0 Å². The second-order valence-electron chi connectivity index (χ2n) is 6.96. The summed E-state index contributed by atoms with van der Waals surface area (Å²) in [6.07, 6.45) is -1.12. The number of esters is 1. The zero-order valence-electron chi connectivity index (χ0n) is 16.5. The zero-order chi connectivity index (χ0) is 21.1. The Labute approximate surface area is 172 Å². The highest BCUT2D eigenvalue weighted by atomic mass is 16.5. The second-order valence-corrected chi connectivity index (χ2v) is 6.96. The normalized spacial score (nSPS) is 15.0. The van der Waals surface area contributed by atoms with Gasteiger partial charge in [-0.15, -0.1) is 0 Å². The number of morpholine rings is 1. The molecule has 1 aliphatic rings. The van der Waals surface area contributed by atoms with Gasteiger partial charge in [-0.3, -0.25) is 9.59 Å². The van der Waals surface area contributed by atoms with Crippen LogP contribution in [0.2, 0.25) is 0 Å². The Morgan fingerprint density at radius 2 is 1.63 bits per heavy atom. The molecular weight excluding hydrogens is 386 g/mol. The lowest BCUT2D eigenvalue weighted by Crippen LogP contribution is -2.44. The molecule has 0 aliphatic carbocycles.